The van der Waals surface area contributed by atoms with Crippen molar-refractivity contribution in [2.75, 3.05) is 0 Å². The Kier molecular flexibility index (Phi) is 4.27. The standard InChI is InChI=1S/C19H13F3O3/c20-10-1-4-16(23)13(7-10)19(14-8-11(21)2-5-17(14)24)15-9-12(22)3-6-18(15)25/h1-9,19,23-25H. The van der Waals surface area contributed by atoms with Crippen LogP contribution < -0.4 is 0 Å². The number of phenolic OH excluding ortho intramolecular Hbond substituents is 3. The molecule has 0 heterocycles. The van der Waals surface area contributed by atoms with Gasteiger partial charge in [-0.25, -0.2) is 13.2 Å². The summed E-state index contributed by atoms with van der Waals surface area (Å²) >= 11 is 0. The van der Waals surface area contributed by atoms with E-state index in [0.717, 1.165) is 54.6 Å². The molecule has 3 aromatic carbocycles. The number of benzene rings is 3. The zero-order valence-corrected chi connectivity index (χ0v) is 12.7. The van der Waals surface area contributed by atoms with Crippen molar-refractivity contribution in [2.45, 2.75) is 5.92 Å². The lowest BCUT2D eigenvalue weighted by Crippen LogP contribution is -2.06. The van der Waals surface area contributed by atoms with Crippen LogP contribution in [-0.2, 0) is 0 Å². The van der Waals surface area contributed by atoms with Gasteiger partial charge in [-0.05, 0) is 54.6 Å². The summed E-state index contributed by atoms with van der Waals surface area (Å²) in [7, 11) is 0. The van der Waals surface area contributed by atoms with Crippen LogP contribution in [0, 0.1) is 17.5 Å². The minimum absolute atomic E-state index is 0.0539. The molecule has 3 rings (SSSR count). The van der Waals surface area contributed by atoms with E-state index in [4.69, 9.17) is 0 Å². The van der Waals surface area contributed by atoms with Gasteiger partial charge in [0, 0.05) is 22.6 Å². The first-order chi connectivity index (χ1) is 11.9. The van der Waals surface area contributed by atoms with Crippen molar-refractivity contribution in [2.24, 2.45) is 0 Å². The fourth-order valence-corrected chi connectivity index (χ4v) is 2.77. The van der Waals surface area contributed by atoms with Gasteiger partial charge in [0.15, 0.2) is 0 Å². The summed E-state index contributed by atoms with van der Waals surface area (Å²) in [6.07, 6.45) is 0. The zero-order valence-electron chi connectivity index (χ0n) is 12.7. The predicted molar refractivity (Wildman–Crippen MR) is 85.1 cm³/mol. The second-order valence-corrected chi connectivity index (χ2v) is 5.54. The molecule has 0 aliphatic rings. The van der Waals surface area contributed by atoms with E-state index in [0.29, 0.717) is 0 Å². The second kappa shape index (κ2) is 6.39. The lowest BCUT2D eigenvalue weighted by atomic mass is 9.83. The van der Waals surface area contributed by atoms with Gasteiger partial charge in [-0.2, -0.15) is 0 Å². The maximum Gasteiger partial charge on any atom is 0.123 e. The van der Waals surface area contributed by atoms with E-state index in [9.17, 15) is 28.5 Å². The number of rotatable bonds is 3. The highest BCUT2D eigenvalue weighted by Crippen LogP contribution is 2.43. The predicted octanol–water partition coefficient (Wildman–Crippen LogP) is 4.40. The zero-order chi connectivity index (χ0) is 18.1. The van der Waals surface area contributed by atoms with Gasteiger partial charge in [-0.15, -0.1) is 0 Å². The Morgan fingerprint density at radius 3 is 1.08 bits per heavy atom. The van der Waals surface area contributed by atoms with Crippen molar-refractivity contribution in [3.8, 4) is 17.2 Å². The fraction of sp³-hybridized carbons (Fsp3) is 0.0526. The van der Waals surface area contributed by atoms with E-state index in [2.05, 4.69) is 0 Å². The number of hydrogen-bond donors (Lipinski definition) is 3. The summed E-state index contributed by atoms with van der Waals surface area (Å²) in [5, 5.41) is 30.4. The van der Waals surface area contributed by atoms with Gasteiger partial charge in [0.25, 0.3) is 0 Å². The first-order valence-electron chi connectivity index (χ1n) is 7.32. The highest BCUT2D eigenvalue weighted by molar-refractivity contribution is 5.55. The van der Waals surface area contributed by atoms with Crippen LogP contribution in [-0.4, -0.2) is 15.3 Å². The molecule has 0 aromatic heterocycles. The molecule has 0 unspecified atom stereocenters. The smallest absolute Gasteiger partial charge is 0.123 e. The van der Waals surface area contributed by atoms with Crippen molar-refractivity contribution in [1.82, 2.24) is 0 Å². The van der Waals surface area contributed by atoms with Gasteiger partial charge >= 0.3 is 0 Å². The van der Waals surface area contributed by atoms with Crippen LogP contribution in [0.25, 0.3) is 0 Å². The fourth-order valence-electron chi connectivity index (χ4n) is 2.77. The summed E-state index contributed by atoms with van der Waals surface area (Å²) in [4.78, 5) is 0. The quantitative estimate of drug-likeness (QED) is 0.616. The van der Waals surface area contributed by atoms with Gasteiger partial charge in [0.1, 0.15) is 34.7 Å². The first-order valence-corrected chi connectivity index (χ1v) is 7.32. The molecule has 3 N–H and O–H groups in total. The van der Waals surface area contributed by atoms with Crippen LogP contribution in [0.15, 0.2) is 54.6 Å². The van der Waals surface area contributed by atoms with Crippen molar-refractivity contribution in [3.63, 3.8) is 0 Å². The summed E-state index contributed by atoms with van der Waals surface area (Å²) in [6.45, 7) is 0. The molecule has 6 heteroatoms. The van der Waals surface area contributed by atoms with Gasteiger partial charge in [0.2, 0.25) is 0 Å². The average molecular weight is 346 g/mol. The van der Waals surface area contributed by atoms with Gasteiger partial charge in [-0.3, -0.25) is 0 Å². The Hall–Kier alpha value is -3.15. The van der Waals surface area contributed by atoms with E-state index in [-0.39, 0.29) is 33.9 Å². The topological polar surface area (TPSA) is 60.7 Å². The van der Waals surface area contributed by atoms with Crippen LogP contribution in [0.2, 0.25) is 0 Å². The minimum Gasteiger partial charge on any atom is -0.508 e. The van der Waals surface area contributed by atoms with E-state index in [1.807, 2.05) is 0 Å². The molecule has 0 fully saturated rings. The van der Waals surface area contributed by atoms with E-state index in [1.54, 1.807) is 0 Å². The van der Waals surface area contributed by atoms with Gasteiger partial charge in [-0.1, -0.05) is 0 Å². The number of halogens is 3. The molecular formula is C19H13F3O3. The van der Waals surface area contributed by atoms with Crippen molar-refractivity contribution >= 4 is 0 Å². The van der Waals surface area contributed by atoms with Gasteiger partial charge < -0.3 is 15.3 Å². The number of hydrogen-bond acceptors (Lipinski definition) is 3. The summed E-state index contributed by atoms with van der Waals surface area (Å²) in [5.74, 6) is -4.31. The number of aromatic hydroxyl groups is 3. The largest absolute Gasteiger partial charge is 0.508 e. The van der Waals surface area contributed by atoms with Crippen LogP contribution in [0.3, 0.4) is 0 Å². The molecule has 0 atom stereocenters. The molecule has 0 bridgehead atoms. The molecule has 0 amide bonds. The monoisotopic (exact) mass is 346 g/mol. The van der Waals surface area contributed by atoms with Crippen LogP contribution in [0.4, 0.5) is 13.2 Å². The molecular weight excluding hydrogens is 333 g/mol. The summed E-state index contributed by atoms with van der Waals surface area (Å²) in [6, 6.07) is 9.27. The molecule has 0 aliphatic heterocycles. The third-order valence-corrected chi connectivity index (χ3v) is 3.90. The minimum atomic E-state index is -1.19. The second-order valence-electron chi connectivity index (χ2n) is 5.54. The third kappa shape index (κ3) is 3.24. The third-order valence-electron chi connectivity index (χ3n) is 3.90. The molecule has 25 heavy (non-hydrogen) atoms. The Morgan fingerprint density at radius 1 is 0.520 bits per heavy atom. The molecule has 0 aliphatic carbocycles. The van der Waals surface area contributed by atoms with Crippen molar-refractivity contribution in [3.05, 3.63) is 88.7 Å². The molecule has 128 valence electrons. The summed E-state index contributed by atoms with van der Waals surface area (Å²) < 4.78 is 41.1. The maximum absolute atomic E-state index is 13.7. The Balaban J connectivity index is 2.34. The van der Waals surface area contributed by atoms with E-state index in [1.165, 1.54) is 0 Å². The lowest BCUT2D eigenvalue weighted by molar-refractivity contribution is 0.446. The maximum atomic E-state index is 13.7. The highest BCUT2D eigenvalue weighted by Gasteiger charge is 2.26. The van der Waals surface area contributed by atoms with E-state index >= 15 is 0 Å². The van der Waals surface area contributed by atoms with Crippen molar-refractivity contribution < 1.29 is 28.5 Å². The Bertz CT molecular complexity index is 819. The van der Waals surface area contributed by atoms with Crippen LogP contribution in [0.1, 0.15) is 22.6 Å². The lowest BCUT2D eigenvalue weighted by Gasteiger charge is -2.22. The highest BCUT2D eigenvalue weighted by atomic mass is 19.1. The van der Waals surface area contributed by atoms with E-state index < -0.39 is 23.4 Å². The number of phenols is 3. The molecule has 0 saturated carbocycles. The average Bonchev–Trinajstić information content (AvgIpc) is 2.57. The first kappa shape index (κ1) is 16.7. The molecule has 0 spiro atoms. The Labute approximate surface area is 141 Å². The molecule has 3 nitrogen and oxygen atoms in total. The van der Waals surface area contributed by atoms with Crippen LogP contribution in [0.5, 0.6) is 17.2 Å². The SMILES string of the molecule is Oc1ccc(F)cc1C(c1cc(F)ccc1O)c1cc(F)ccc1O. The summed E-state index contributed by atoms with van der Waals surface area (Å²) in [5.41, 5.74) is -0.162. The van der Waals surface area contributed by atoms with Gasteiger partial charge in [0.05, 0.1) is 0 Å². The molecule has 3 aromatic rings. The van der Waals surface area contributed by atoms with Crippen LogP contribution >= 0.6 is 0 Å². The molecule has 0 saturated heterocycles. The molecule has 0 radical (unpaired) electrons. The van der Waals surface area contributed by atoms with Crippen molar-refractivity contribution in [1.29, 1.82) is 0 Å². The normalized spacial score (nSPS) is 11.0. The Morgan fingerprint density at radius 2 is 0.800 bits per heavy atom.